The van der Waals surface area contributed by atoms with E-state index >= 15 is 0 Å². The highest BCUT2D eigenvalue weighted by Gasteiger charge is 2.29. The fourth-order valence-corrected chi connectivity index (χ4v) is 4.50. The molecule has 0 aliphatic carbocycles. The summed E-state index contributed by atoms with van der Waals surface area (Å²) in [6.45, 7) is 1.50. The van der Waals surface area contributed by atoms with E-state index in [0.29, 0.717) is 17.2 Å². The molecule has 32 heavy (non-hydrogen) atoms. The van der Waals surface area contributed by atoms with Crippen molar-refractivity contribution in [3.05, 3.63) is 88.9 Å². The fourth-order valence-electron chi connectivity index (χ4n) is 2.93. The Morgan fingerprint density at radius 3 is 2.22 bits per heavy atom. The van der Waals surface area contributed by atoms with Gasteiger partial charge in [-0.1, -0.05) is 52.3 Å². The van der Waals surface area contributed by atoms with Crippen LogP contribution in [-0.4, -0.2) is 32.8 Å². The van der Waals surface area contributed by atoms with Crippen molar-refractivity contribution in [2.45, 2.75) is 13.0 Å². The van der Waals surface area contributed by atoms with Crippen molar-refractivity contribution in [2.24, 2.45) is 5.10 Å². The Hall–Kier alpha value is -3.17. The third-order valence-electron chi connectivity index (χ3n) is 4.44. The van der Waals surface area contributed by atoms with Crippen LogP contribution in [0.4, 0.5) is 5.69 Å². The highest BCUT2D eigenvalue weighted by Crippen LogP contribution is 2.27. The number of anilines is 1. The summed E-state index contributed by atoms with van der Waals surface area (Å²) < 4.78 is 32.5. The van der Waals surface area contributed by atoms with Gasteiger partial charge in [-0.3, -0.25) is 9.10 Å². The van der Waals surface area contributed by atoms with Crippen LogP contribution in [0.15, 0.2) is 88.4 Å². The van der Waals surface area contributed by atoms with Gasteiger partial charge in [0.15, 0.2) is 0 Å². The van der Waals surface area contributed by atoms with Gasteiger partial charge in [0.2, 0.25) is 10.0 Å². The molecule has 0 saturated heterocycles. The molecule has 3 rings (SSSR count). The summed E-state index contributed by atoms with van der Waals surface area (Å²) in [4.78, 5) is 12.6. The van der Waals surface area contributed by atoms with Gasteiger partial charge in [0.1, 0.15) is 17.5 Å². The zero-order chi connectivity index (χ0) is 23.1. The summed E-state index contributed by atoms with van der Waals surface area (Å²) in [5.74, 6) is 0.641. The van der Waals surface area contributed by atoms with Crippen LogP contribution >= 0.6 is 15.9 Å². The predicted molar refractivity (Wildman–Crippen MR) is 130 cm³/mol. The van der Waals surface area contributed by atoms with Crippen LogP contribution in [0.1, 0.15) is 12.5 Å². The van der Waals surface area contributed by atoms with E-state index in [-0.39, 0.29) is 0 Å². The van der Waals surface area contributed by atoms with Crippen LogP contribution in [0.25, 0.3) is 0 Å². The molecule has 0 saturated carbocycles. The van der Waals surface area contributed by atoms with Gasteiger partial charge in [0.05, 0.1) is 18.2 Å². The van der Waals surface area contributed by atoms with Gasteiger partial charge in [-0.05, 0) is 49.4 Å². The van der Waals surface area contributed by atoms with Gasteiger partial charge >= 0.3 is 0 Å². The molecule has 0 aliphatic heterocycles. The van der Waals surface area contributed by atoms with E-state index < -0.39 is 22.0 Å². The van der Waals surface area contributed by atoms with Crippen LogP contribution in [0.2, 0.25) is 0 Å². The number of carbonyl (C=O) groups is 1. The Bertz CT molecular complexity index is 1200. The molecule has 1 atom stereocenters. The highest BCUT2D eigenvalue weighted by molar-refractivity contribution is 9.10. The number of hydrazone groups is 1. The van der Waals surface area contributed by atoms with Crippen LogP contribution < -0.4 is 14.5 Å². The lowest BCUT2D eigenvalue weighted by atomic mass is 10.2. The fraction of sp³-hybridized carbons (Fsp3) is 0.130. The van der Waals surface area contributed by atoms with Crippen molar-refractivity contribution in [1.82, 2.24) is 5.43 Å². The lowest BCUT2D eigenvalue weighted by Gasteiger charge is -2.27. The van der Waals surface area contributed by atoms with Crippen LogP contribution in [-0.2, 0) is 14.8 Å². The normalized spacial score (nSPS) is 12.3. The summed E-state index contributed by atoms with van der Waals surface area (Å²) in [6, 6.07) is 22.1. The first-order valence-corrected chi connectivity index (χ1v) is 12.3. The average molecular weight is 516 g/mol. The van der Waals surface area contributed by atoms with Crippen LogP contribution in [0.3, 0.4) is 0 Å². The Morgan fingerprint density at radius 2 is 1.59 bits per heavy atom. The summed E-state index contributed by atoms with van der Waals surface area (Å²) >= 11 is 3.40. The molecule has 166 valence electrons. The van der Waals surface area contributed by atoms with Gasteiger partial charge < -0.3 is 4.74 Å². The molecule has 7 nitrogen and oxygen atoms in total. The molecule has 9 heteroatoms. The van der Waals surface area contributed by atoms with E-state index in [2.05, 4.69) is 26.5 Å². The molecular formula is C23H22BrN3O4S. The molecule has 0 unspecified atom stereocenters. The summed E-state index contributed by atoms with van der Waals surface area (Å²) in [5, 5.41) is 3.95. The minimum atomic E-state index is -3.75. The number of rotatable bonds is 8. The maximum Gasteiger partial charge on any atom is 0.263 e. The van der Waals surface area contributed by atoms with Crippen molar-refractivity contribution in [3.8, 4) is 11.5 Å². The third kappa shape index (κ3) is 6.18. The van der Waals surface area contributed by atoms with E-state index in [1.54, 1.807) is 24.3 Å². The monoisotopic (exact) mass is 515 g/mol. The molecule has 1 N–H and O–H groups in total. The van der Waals surface area contributed by atoms with E-state index in [1.165, 1.54) is 13.1 Å². The van der Waals surface area contributed by atoms with E-state index in [4.69, 9.17) is 4.74 Å². The summed E-state index contributed by atoms with van der Waals surface area (Å²) in [5.41, 5.74) is 3.51. The summed E-state index contributed by atoms with van der Waals surface area (Å²) in [7, 11) is -3.75. The highest BCUT2D eigenvalue weighted by atomic mass is 79.9. The van der Waals surface area contributed by atoms with E-state index in [1.807, 2.05) is 54.6 Å². The molecule has 0 fully saturated rings. The van der Waals surface area contributed by atoms with Gasteiger partial charge in [-0.25, -0.2) is 13.8 Å². The number of ether oxygens (including phenoxy) is 1. The number of carbonyl (C=O) groups excluding carboxylic acids is 1. The number of amides is 1. The largest absolute Gasteiger partial charge is 0.457 e. The third-order valence-corrected chi connectivity index (χ3v) is 6.41. The molecular weight excluding hydrogens is 494 g/mol. The Labute approximate surface area is 195 Å². The van der Waals surface area contributed by atoms with Crippen molar-refractivity contribution < 1.29 is 17.9 Å². The molecule has 3 aromatic carbocycles. The Morgan fingerprint density at radius 1 is 1.00 bits per heavy atom. The zero-order valence-corrected chi connectivity index (χ0v) is 19.9. The number of sulfonamides is 1. The molecule has 0 heterocycles. The number of hydrogen-bond acceptors (Lipinski definition) is 5. The zero-order valence-electron chi connectivity index (χ0n) is 17.5. The second-order valence-corrected chi connectivity index (χ2v) is 9.61. The minimum Gasteiger partial charge on any atom is -0.457 e. The number of halogens is 1. The molecule has 1 amide bonds. The lowest BCUT2D eigenvalue weighted by molar-refractivity contribution is -0.121. The number of para-hydroxylation sites is 1. The first-order valence-electron chi connectivity index (χ1n) is 9.65. The first kappa shape index (κ1) is 23.5. The number of nitrogens with one attached hydrogen (secondary N) is 1. The number of nitrogens with zero attached hydrogens (tertiary/aromatic N) is 2. The molecule has 0 bridgehead atoms. The average Bonchev–Trinajstić information content (AvgIpc) is 2.76. The van der Waals surface area contributed by atoms with Crippen LogP contribution in [0.5, 0.6) is 11.5 Å². The van der Waals surface area contributed by atoms with Crippen molar-refractivity contribution >= 4 is 43.8 Å². The van der Waals surface area contributed by atoms with Crippen LogP contribution in [0, 0.1) is 0 Å². The molecule has 0 radical (unpaired) electrons. The maximum absolute atomic E-state index is 12.6. The Kier molecular flexibility index (Phi) is 7.66. The number of benzene rings is 3. The van der Waals surface area contributed by atoms with Crippen molar-refractivity contribution in [2.75, 3.05) is 10.6 Å². The van der Waals surface area contributed by atoms with Gasteiger partial charge in [-0.15, -0.1) is 0 Å². The quantitative estimate of drug-likeness (QED) is 0.352. The van der Waals surface area contributed by atoms with E-state index in [9.17, 15) is 13.2 Å². The first-order chi connectivity index (χ1) is 15.3. The predicted octanol–water partition coefficient (Wildman–Crippen LogP) is 4.55. The summed E-state index contributed by atoms with van der Waals surface area (Å²) in [6.07, 6.45) is 2.53. The minimum absolute atomic E-state index is 0.338. The molecule has 0 aliphatic rings. The SMILES string of the molecule is C[C@@H](C(=O)N/N=C\c1ccccc1Br)N(c1ccc(Oc2ccccc2)cc1)S(C)(=O)=O. The van der Waals surface area contributed by atoms with E-state index in [0.717, 1.165) is 20.6 Å². The molecule has 3 aromatic rings. The van der Waals surface area contributed by atoms with Crippen molar-refractivity contribution in [3.63, 3.8) is 0 Å². The second kappa shape index (κ2) is 10.4. The van der Waals surface area contributed by atoms with Crippen molar-refractivity contribution in [1.29, 1.82) is 0 Å². The van der Waals surface area contributed by atoms with Gasteiger partial charge in [-0.2, -0.15) is 5.10 Å². The standard InChI is InChI=1S/C23H22BrN3O4S/c1-17(23(28)26-25-16-18-8-6-7-11-22(18)24)27(32(2,29)30)19-12-14-21(15-13-19)31-20-9-4-3-5-10-20/h3-17H,1-2H3,(H,26,28)/b25-16-/t17-/m0/s1. The molecule has 0 spiro atoms. The molecule has 0 aromatic heterocycles. The second-order valence-electron chi connectivity index (χ2n) is 6.90. The van der Waals surface area contributed by atoms with Gasteiger partial charge in [0, 0.05) is 10.0 Å². The maximum atomic E-state index is 12.6. The Balaban J connectivity index is 1.74. The lowest BCUT2D eigenvalue weighted by Crippen LogP contribution is -2.46. The number of hydrogen-bond donors (Lipinski definition) is 1. The van der Waals surface area contributed by atoms with Gasteiger partial charge in [0.25, 0.3) is 5.91 Å². The smallest absolute Gasteiger partial charge is 0.263 e. The topological polar surface area (TPSA) is 88.1 Å².